The quantitative estimate of drug-likeness (QED) is 0.770. The van der Waals surface area contributed by atoms with Crippen molar-refractivity contribution in [3.8, 4) is 5.75 Å². The van der Waals surface area contributed by atoms with Crippen LogP contribution in [0.4, 0.5) is 5.69 Å². The van der Waals surface area contributed by atoms with Crippen LogP contribution < -0.4 is 15.8 Å². The maximum atomic E-state index is 10.6. The van der Waals surface area contributed by atoms with E-state index in [4.69, 9.17) is 10.5 Å². The average molecular weight is 222 g/mol. The lowest BCUT2D eigenvalue weighted by atomic mass is 10.2. The normalized spacial score (nSPS) is 11.9. The van der Waals surface area contributed by atoms with Gasteiger partial charge in [0, 0.05) is 17.8 Å². The molecule has 1 aromatic carbocycles. The number of carbonyl (C=O) groups is 1. The van der Waals surface area contributed by atoms with E-state index in [-0.39, 0.29) is 6.61 Å². The van der Waals surface area contributed by atoms with Crippen LogP contribution in [-0.2, 0) is 4.79 Å². The minimum absolute atomic E-state index is 0.0905. The second kappa shape index (κ2) is 6.00. The van der Waals surface area contributed by atoms with E-state index >= 15 is 0 Å². The van der Waals surface area contributed by atoms with Gasteiger partial charge in [-0.15, -0.1) is 0 Å². The Morgan fingerprint density at radius 1 is 1.56 bits per heavy atom. The number of hydrogen-bond acceptors (Lipinski definition) is 3. The standard InChI is InChI=1S/C12H18N2O2/c1-3-9(2)14-10-5-4-6-11(7-10)16-8-12(13)15/h4-7,9,14H,3,8H2,1-2H3,(H2,13,15). The van der Waals surface area contributed by atoms with E-state index in [1.165, 1.54) is 0 Å². The van der Waals surface area contributed by atoms with Gasteiger partial charge >= 0.3 is 0 Å². The SMILES string of the molecule is CCC(C)Nc1cccc(OCC(N)=O)c1. The van der Waals surface area contributed by atoms with Crippen LogP contribution in [0, 0.1) is 0 Å². The van der Waals surface area contributed by atoms with E-state index in [2.05, 4.69) is 19.2 Å². The molecule has 0 spiro atoms. The number of rotatable bonds is 6. The summed E-state index contributed by atoms with van der Waals surface area (Å²) in [5.41, 5.74) is 5.98. The van der Waals surface area contributed by atoms with E-state index in [1.54, 1.807) is 6.07 Å². The van der Waals surface area contributed by atoms with Gasteiger partial charge in [-0.3, -0.25) is 4.79 Å². The van der Waals surface area contributed by atoms with E-state index in [0.29, 0.717) is 11.8 Å². The van der Waals surface area contributed by atoms with Crippen molar-refractivity contribution in [2.45, 2.75) is 26.3 Å². The Morgan fingerprint density at radius 3 is 2.94 bits per heavy atom. The van der Waals surface area contributed by atoms with Crippen LogP contribution >= 0.6 is 0 Å². The zero-order chi connectivity index (χ0) is 12.0. The molecule has 0 saturated heterocycles. The first-order valence-electron chi connectivity index (χ1n) is 5.39. The van der Waals surface area contributed by atoms with Gasteiger partial charge in [-0.1, -0.05) is 13.0 Å². The molecule has 3 N–H and O–H groups in total. The predicted octanol–water partition coefficient (Wildman–Crippen LogP) is 1.76. The van der Waals surface area contributed by atoms with Gasteiger partial charge in [-0.2, -0.15) is 0 Å². The molecule has 0 fully saturated rings. The lowest BCUT2D eigenvalue weighted by Gasteiger charge is -2.13. The summed E-state index contributed by atoms with van der Waals surface area (Å²) in [6.45, 7) is 4.13. The van der Waals surface area contributed by atoms with Crippen LogP contribution in [0.15, 0.2) is 24.3 Å². The first-order valence-corrected chi connectivity index (χ1v) is 5.39. The number of anilines is 1. The van der Waals surface area contributed by atoms with Crippen molar-refractivity contribution >= 4 is 11.6 Å². The Bertz CT molecular complexity index is 353. The van der Waals surface area contributed by atoms with Gasteiger partial charge in [-0.25, -0.2) is 0 Å². The highest BCUT2D eigenvalue weighted by atomic mass is 16.5. The summed E-state index contributed by atoms with van der Waals surface area (Å²) in [7, 11) is 0. The number of benzene rings is 1. The molecule has 0 bridgehead atoms. The second-order valence-corrected chi connectivity index (χ2v) is 3.74. The summed E-state index contributed by atoms with van der Waals surface area (Å²) in [5, 5.41) is 3.32. The zero-order valence-corrected chi connectivity index (χ0v) is 9.69. The second-order valence-electron chi connectivity index (χ2n) is 3.74. The van der Waals surface area contributed by atoms with Crippen LogP contribution in [0.2, 0.25) is 0 Å². The minimum Gasteiger partial charge on any atom is -0.484 e. The number of nitrogens with one attached hydrogen (secondary N) is 1. The lowest BCUT2D eigenvalue weighted by Crippen LogP contribution is -2.20. The average Bonchev–Trinajstić information content (AvgIpc) is 2.26. The van der Waals surface area contributed by atoms with Gasteiger partial charge in [0.25, 0.3) is 5.91 Å². The third-order valence-electron chi connectivity index (χ3n) is 2.24. The molecule has 1 aromatic rings. The molecule has 1 atom stereocenters. The summed E-state index contributed by atoms with van der Waals surface area (Å²) in [5.74, 6) is 0.174. The van der Waals surface area contributed by atoms with E-state index < -0.39 is 5.91 Å². The summed E-state index contributed by atoms with van der Waals surface area (Å²) in [6, 6.07) is 7.90. The number of hydrogen-bond donors (Lipinski definition) is 2. The molecule has 16 heavy (non-hydrogen) atoms. The largest absolute Gasteiger partial charge is 0.484 e. The van der Waals surface area contributed by atoms with Gasteiger partial charge in [0.2, 0.25) is 0 Å². The predicted molar refractivity (Wildman–Crippen MR) is 64.5 cm³/mol. The third-order valence-corrected chi connectivity index (χ3v) is 2.24. The molecule has 88 valence electrons. The molecule has 0 aliphatic carbocycles. The minimum atomic E-state index is -0.472. The zero-order valence-electron chi connectivity index (χ0n) is 9.69. The van der Waals surface area contributed by atoms with E-state index in [0.717, 1.165) is 12.1 Å². The van der Waals surface area contributed by atoms with Gasteiger partial charge in [-0.05, 0) is 25.5 Å². The fourth-order valence-electron chi connectivity index (χ4n) is 1.22. The molecule has 0 aliphatic heterocycles. The number of primary amides is 1. The monoisotopic (exact) mass is 222 g/mol. The molecule has 1 rings (SSSR count). The molecule has 0 radical (unpaired) electrons. The van der Waals surface area contributed by atoms with Crippen molar-refractivity contribution in [2.75, 3.05) is 11.9 Å². The fraction of sp³-hybridized carbons (Fsp3) is 0.417. The Labute approximate surface area is 95.8 Å². The molecule has 4 heteroatoms. The van der Waals surface area contributed by atoms with Crippen LogP contribution in [0.5, 0.6) is 5.75 Å². The maximum absolute atomic E-state index is 10.6. The molecular weight excluding hydrogens is 204 g/mol. The summed E-state index contributed by atoms with van der Waals surface area (Å²) in [6.07, 6.45) is 1.05. The molecular formula is C12H18N2O2. The Kier molecular flexibility index (Phi) is 4.64. The number of amides is 1. The molecule has 1 amide bonds. The lowest BCUT2D eigenvalue weighted by molar-refractivity contribution is -0.119. The summed E-state index contributed by atoms with van der Waals surface area (Å²) >= 11 is 0. The summed E-state index contributed by atoms with van der Waals surface area (Å²) in [4.78, 5) is 10.6. The van der Waals surface area contributed by atoms with Crippen molar-refractivity contribution < 1.29 is 9.53 Å². The highest BCUT2D eigenvalue weighted by molar-refractivity contribution is 5.75. The molecule has 0 aromatic heterocycles. The molecule has 1 unspecified atom stereocenters. The molecule has 0 saturated carbocycles. The first kappa shape index (κ1) is 12.4. The number of ether oxygens (including phenoxy) is 1. The van der Waals surface area contributed by atoms with Crippen molar-refractivity contribution in [2.24, 2.45) is 5.73 Å². The van der Waals surface area contributed by atoms with Gasteiger partial charge < -0.3 is 15.8 Å². The van der Waals surface area contributed by atoms with Gasteiger partial charge in [0.05, 0.1) is 0 Å². The van der Waals surface area contributed by atoms with Crippen LogP contribution in [0.25, 0.3) is 0 Å². The first-order chi connectivity index (χ1) is 7.61. The van der Waals surface area contributed by atoms with Crippen molar-refractivity contribution in [1.82, 2.24) is 0 Å². The van der Waals surface area contributed by atoms with Crippen LogP contribution in [-0.4, -0.2) is 18.6 Å². The Hall–Kier alpha value is -1.71. The summed E-state index contributed by atoms with van der Waals surface area (Å²) < 4.78 is 5.21. The fourth-order valence-corrected chi connectivity index (χ4v) is 1.22. The topological polar surface area (TPSA) is 64.3 Å². The number of nitrogens with two attached hydrogens (primary N) is 1. The number of carbonyl (C=O) groups excluding carboxylic acids is 1. The Morgan fingerprint density at radius 2 is 2.31 bits per heavy atom. The van der Waals surface area contributed by atoms with Crippen LogP contribution in [0.3, 0.4) is 0 Å². The molecule has 4 nitrogen and oxygen atoms in total. The van der Waals surface area contributed by atoms with Gasteiger partial charge in [0.1, 0.15) is 5.75 Å². The van der Waals surface area contributed by atoms with Crippen molar-refractivity contribution in [1.29, 1.82) is 0 Å². The van der Waals surface area contributed by atoms with Crippen molar-refractivity contribution in [3.05, 3.63) is 24.3 Å². The van der Waals surface area contributed by atoms with Gasteiger partial charge in [0.15, 0.2) is 6.61 Å². The third kappa shape index (κ3) is 4.21. The molecule has 0 heterocycles. The maximum Gasteiger partial charge on any atom is 0.255 e. The Balaban J connectivity index is 2.60. The van der Waals surface area contributed by atoms with E-state index in [1.807, 2.05) is 18.2 Å². The van der Waals surface area contributed by atoms with Crippen LogP contribution in [0.1, 0.15) is 20.3 Å². The smallest absolute Gasteiger partial charge is 0.255 e. The highest BCUT2D eigenvalue weighted by Gasteiger charge is 2.01. The highest BCUT2D eigenvalue weighted by Crippen LogP contribution is 2.18. The molecule has 0 aliphatic rings. The van der Waals surface area contributed by atoms with E-state index in [9.17, 15) is 4.79 Å². The van der Waals surface area contributed by atoms with Crippen molar-refractivity contribution in [3.63, 3.8) is 0 Å².